The van der Waals surface area contributed by atoms with Crippen LogP contribution in [0.2, 0.25) is 0 Å². The summed E-state index contributed by atoms with van der Waals surface area (Å²) in [5, 5.41) is 17.7. The van der Waals surface area contributed by atoms with Crippen molar-refractivity contribution in [1.29, 1.82) is 5.26 Å². The van der Waals surface area contributed by atoms with Gasteiger partial charge in [-0.25, -0.2) is 9.07 Å². The van der Waals surface area contributed by atoms with Crippen molar-refractivity contribution in [3.63, 3.8) is 0 Å². The summed E-state index contributed by atoms with van der Waals surface area (Å²) in [5.41, 5.74) is 3.91. The number of methoxy groups -OCH3 is 1. The fraction of sp³-hybridized carbons (Fsp3) is 0.448. The highest BCUT2D eigenvalue weighted by atomic mass is 19.1. The molecule has 2 aromatic carbocycles. The first-order valence-electron chi connectivity index (χ1n) is 13.2. The summed E-state index contributed by atoms with van der Waals surface area (Å²) in [6.45, 7) is 6.30. The highest BCUT2D eigenvalue weighted by molar-refractivity contribution is 5.67. The summed E-state index contributed by atoms with van der Waals surface area (Å²) in [7, 11) is 1.77. The van der Waals surface area contributed by atoms with E-state index in [9.17, 15) is 9.65 Å². The predicted molar refractivity (Wildman–Crippen MR) is 143 cm³/mol. The lowest BCUT2D eigenvalue weighted by molar-refractivity contribution is 0.0360. The minimum Gasteiger partial charge on any atom is -0.380 e. The maximum atomic E-state index is 14.6. The van der Waals surface area contributed by atoms with Crippen molar-refractivity contribution >= 4 is 11.5 Å². The van der Waals surface area contributed by atoms with Crippen LogP contribution in [0.5, 0.6) is 0 Å². The maximum absolute atomic E-state index is 14.6. The molecule has 4 saturated heterocycles. The number of rotatable bonds is 7. The minimum atomic E-state index is -0.521. The number of fused-ring (bicyclic) bond motifs is 3. The van der Waals surface area contributed by atoms with Gasteiger partial charge in [-0.15, -0.1) is 5.10 Å². The average molecular weight is 501 g/mol. The SMILES string of the molecule is CO[C@@H]1CCN(c2ccc(-n3nc(NCC45CCN(CC4)CC5)cc3-c3ccc(C#N)c(F)c3)cc2)C1. The Morgan fingerprint density at radius 2 is 1.78 bits per heavy atom. The fourth-order valence-corrected chi connectivity index (χ4v) is 6.03. The Hall–Kier alpha value is -3.41. The van der Waals surface area contributed by atoms with Gasteiger partial charge in [0, 0.05) is 44.1 Å². The van der Waals surface area contributed by atoms with Crippen molar-refractivity contribution in [2.45, 2.75) is 31.8 Å². The van der Waals surface area contributed by atoms with Crippen molar-refractivity contribution in [1.82, 2.24) is 14.7 Å². The molecule has 0 unspecified atom stereocenters. The first-order chi connectivity index (χ1) is 18.1. The molecule has 4 fully saturated rings. The van der Waals surface area contributed by atoms with Crippen molar-refractivity contribution in [2.24, 2.45) is 5.41 Å². The number of benzene rings is 2. The van der Waals surface area contributed by atoms with Gasteiger partial charge in [0.25, 0.3) is 0 Å². The molecular weight excluding hydrogens is 467 g/mol. The normalized spacial score (nSPS) is 24.8. The van der Waals surface area contributed by atoms with Gasteiger partial charge < -0.3 is 19.9 Å². The third-order valence-electron chi connectivity index (χ3n) is 8.55. The maximum Gasteiger partial charge on any atom is 0.149 e. The summed E-state index contributed by atoms with van der Waals surface area (Å²) in [4.78, 5) is 4.88. The van der Waals surface area contributed by atoms with E-state index in [0.29, 0.717) is 11.0 Å². The van der Waals surface area contributed by atoms with Crippen LogP contribution in [0.4, 0.5) is 15.9 Å². The molecule has 0 saturated carbocycles. The van der Waals surface area contributed by atoms with E-state index in [1.54, 1.807) is 13.2 Å². The van der Waals surface area contributed by atoms with Crippen LogP contribution < -0.4 is 10.2 Å². The molecule has 2 bridgehead atoms. The van der Waals surface area contributed by atoms with Gasteiger partial charge in [-0.1, -0.05) is 6.07 Å². The Balaban J connectivity index is 1.29. The molecular formula is C29H33FN6O. The Morgan fingerprint density at radius 3 is 2.43 bits per heavy atom. The smallest absolute Gasteiger partial charge is 0.149 e. The van der Waals surface area contributed by atoms with Crippen LogP contribution in [0.15, 0.2) is 48.5 Å². The monoisotopic (exact) mass is 500 g/mol. The molecule has 1 atom stereocenters. The van der Waals surface area contributed by atoms with E-state index in [1.165, 1.54) is 51.0 Å². The second-order valence-electron chi connectivity index (χ2n) is 10.7. The van der Waals surface area contributed by atoms with Crippen molar-refractivity contribution < 1.29 is 9.13 Å². The lowest BCUT2D eigenvalue weighted by Gasteiger charge is -2.48. The molecule has 3 aromatic rings. The van der Waals surface area contributed by atoms with E-state index in [2.05, 4.69) is 39.4 Å². The van der Waals surface area contributed by atoms with E-state index >= 15 is 0 Å². The van der Waals surface area contributed by atoms with Crippen LogP contribution in [0, 0.1) is 22.6 Å². The number of halogens is 1. The number of hydrogen-bond donors (Lipinski definition) is 1. The standard InChI is InChI=1S/C29H33FN6O/c1-37-25-8-12-35(19-25)23-4-6-24(7-5-23)36-27(21-2-3-22(18-31)26(30)16-21)17-28(33-36)32-20-29-9-13-34(14-10-29)15-11-29/h2-7,16-17,25H,8-15,19-20H2,1H3,(H,32,33)/t25-/m1/s1. The third-order valence-corrected chi connectivity index (χ3v) is 8.55. The van der Waals surface area contributed by atoms with Gasteiger partial charge in [0.05, 0.1) is 23.0 Å². The average Bonchev–Trinajstić information content (AvgIpc) is 3.61. The van der Waals surface area contributed by atoms with E-state index in [4.69, 9.17) is 9.84 Å². The van der Waals surface area contributed by atoms with Crippen LogP contribution in [-0.2, 0) is 4.74 Å². The summed E-state index contributed by atoms with van der Waals surface area (Å²) in [6, 6.07) is 17.0. The number of hydrogen-bond acceptors (Lipinski definition) is 6. The zero-order valence-corrected chi connectivity index (χ0v) is 21.3. The lowest BCUT2D eigenvalue weighted by Crippen LogP contribution is -2.50. The van der Waals surface area contributed by atoms with E-state index in [1.807, 2.05) is 16.8 Å². The minimum absolute atomic E-state index is 0.0419. The molecule has 0 aliphatic carbocycles. The van der Waals surface area contributed by atoms with Gasteiger partial charge in [-0.3, -0.25) is 0 Å². The summed E-state index contributed by atoms with van der Waals surface area (Å²) < 4.78 is 22.0. The Labute approximate surface area is 217 Å². The molecule has 8 heteroatoms. The molecule has 4 aliphatic rings. The quantitative estimate of drug-likeness (QED) is 0.508. The van der Waals surface area contributed by atoms with Gasteiger partial charge in [0.1, 0.15) is 17.7 Å². The van der Waals surface area contributed by atoms with Crippen LogP contribution in [0.3, 0.4) is 0 Å². The van der Waals surface area contributed by atoms with Gasteiger partial charge >= 0.3 is 0 Å². The largest absolute Gasteiger partial charge is 0.380 e. The van der Waals surface area contributed by atoms with Crippen molar-refractivity contribution in [3.8, 4) is 23.0 Å². The first-order valence-corrected chi connectivity index (χ1v) is 13.2. The van der Waals surface area contributed by atoms with Crippen molar-refractivity contribution in [2.75, 3.05) is 56.6 Å². The first kappa shape index (κ1) is 24.0. The predicted octanol–water partition coefficient (Wildman–Crippen LogP) is 4.67. The highest BCUT2D eigenvalue weighted by Gasteiger charge is 2.39. The Kier molecular flexibility index (Phi) is 6.35. The topological polar surface area (TPSA) is 69.3 Å². The zero-order chi connectivity index (χ0) is 25.4. The number of ether oxygens (including phenoxy) is 1. The number of aromatic nitrogens is 2. The summed E-state index contributed by atoms with van der Waals surface area (Å²) in [5.74, 6) is 0.265. The third kappa shape index (κ3) is 4.70. The Morgan fingerprint density at radius 1 is 1.05 bits per heavy atom. The molecule has 0 amide bonds. The number of piperidine rings is 3. The molecule has 0 radical (unpaired) electrons. The molecule has 1 aromatic heterocycles. The van der Waals surface area contributed by atoms with Gasteiger partial charge in [-0.05, 0) is 87.1 Å². The molecule has 7 nitrogen and oxygen atoms in total. The molecule has 4 aliphatic heterocycles. The molecule has 7 rings (SSSR count). The number of anilines is 2. The van der Waals surface area contributed by atoms with Crippen LogP contribution in [0.25, 0.3) is 16.9 Å². The van der Waals surface area contributed by atoms with E-state index in [-0.39, 0.29) is 11.7 Å². The van der Waals surface area contributed by atoms with E-state index < -0.39 is 5.82 Å². The molecule has 0 spiro atoms. The molecule has 1 N–H and O–H groups in total. The molecule has 5 heterocycles. The van der Waals surface area contributed by atoms with Gasteiger partial charge in [-0.2, -0.15) is 5.26 Å². The van der Waals surface area contributed by atoms with E-state index in [0.717, 1.165) is 48.9 Å². The fourth-order valence-electron chi connectivity index (χ4n) is 6.03. The molecule has 192 valence electrons. The number of nitrogens with zero attached hydrogens (tertiary/aromatic N) is 5. The van der Waals surface area contributed by atoms with Crippen LogP contribution in [0.1, 0.15) is 31.2 Å². The van der Waals surface area contributed by atoms with Crippen LogP contribution in [-0.4, -0.2) is 67.2 Å². The number of nitriles is 1. The zero-order valence-electron chi connectivity index (χ0n) is 21.3. The van der Waals surface area contributed by atoms with Gasteiger partial charge in [0.2, 0.25) is 0 Å². The second-order valence-corrected chi connectivity index (χ2v) is 10.7. The van der Waals surface area contributed by atoms with Crippen molar-refractivity contribution in [3.05, 3.63) is 59.9 Å². The van der Waals surface area contributed by atoms with Gasteiger partial charge in [0.15, 0.2) is 0 Å². The second kappa shape index (κ2) is 9.81. The lowest BCUT2D eigenvalue weighted by atomic mass is 9.72. The molecule has 37 heavy (non-hydrogen) atoms. The van der Waals surface area contributed by atoms with Crippen LogP contribution >= 0.6 is 0 Å². The highest BCUT2D eigenvalue weighted by Crippen LogP contribution is 2.40. The number of nitrogens with one attached hydrogen (secondary N) is 1. The summed E-state index contributed by atoms with van der Waals surface area (Å²) >= 11 is 0. The summed E-state index contributed by atoms with van der Waals surface area (Å²) in [6.07, 6.45) is 4.96. The Bertz CT molecular complexity index is 1290.